The number of unbranched alkanes of at least 4 members (excludes halogenated alkanes) is 3. The number of rotatable bonds is 24. The Hall–Kier alpha value is -3.42. The smallest absolute Gasteiger partial charge is 0.323 e. The van der Waals surface area contributed by atoms with Crippen LogP contribution >= 0.6 is 12.6 Å². The van der Waals surface area contributed by atoms with Crippen molar-refractivity contribution in [1.29, 1.82) is 0 Å². The number of amides is 2. The Morgan fingerprint density at radius 2 is 1.58 bits per heavy atom. The first-order valence-corrected chi connectivity index (χ1v) is 15.0. The average molecular weight is 626 g/mol. The largest absolute Gasteiger partial charge is 0.481 e. The lowest BCUT2D eigenvalue weighted by atomic mass is 10.0. The maximum atomic E-state index is 13.5. The van der Waals surface area contributed by atoms with Crippen molar-refractivity contribution >= 4 is 42.4 Å². The molecule has 242 valence electrons. The fourth-order valence-electron chi connectivity index (χ4n) is 3.88. The van der Waals surface area contributed by atoms with Crippen LogP contribution < -0.4 is 11.1 Å². The van der Waals surface area contributed by atoms with Gasteiger partial charge < -0.3 is 36.4 Å². The third-order valence-electron chi connectivity index (χ3n) is 6.24. The average Bonchev–Trinajstić information content (AvgIpc) is 2.95. The minimum atomic E-state index is -1.31. The molecule has 0 rings (SSSR count). The van der Waals surface area contributed by atoms with Gasteiger partial charge in [0.1, 0.15) is 18.6 Å². The lowest BCUT2D eigenvalue weighted by Crippen LogP contribution is -2.56. The van der Waals surface area contributed by atoms with Gasteiger partial charge in [-0.05, 0) is 32.1 Å². The molecule has 0 fully saturated rings. The molecule has 12 nitrogen and oxygen atoms in total. The van der Waals surface area contributed by atoms with E-state index in [1.807, 2.05) is 25.2 Å². The van der Waals surface area contributed by atoms with Crippen molar-refractivity contribution in [1.82, 2.24) is 10.2 Å². The highest BCUT2D eigenvalue weighted by atomic mass is 32.1. The third-order valence-corrected chi connectivity index (χ3v) is 6.60. The van der Waals surface area contributed by atoms with Crippen LogP contribution in [0.4, 0.5) is 0 Å². The molecule has 0 heterocycles. The van der Waals surface area contributed by atoms with Gasteiger partial charge in [-0.15, -0.1) is 0 Å². The van der Waals surface area contributed by atoms with E-state index in [0.717, 1.165) is 17.7 Å². The van der Waals surface area contributed by atoms with E-state index in [2.05, 4.69) is 17.9 Å². The van der Waals surface area contributed by atoms with Crippen LogP contribution in [0, 0.1) is 0 Å². The molecule has 0 bridgehead atoms. The summed E-state index contributed by atoms with van der Waals surface area (Å²) in [6, 6.07) is -3.48. The number of nitrogens with two attached hydrogens (primary N) is 1. The van der Waals surface area contributed by atoms with E-state index >= 15 is 0 Å². The van der Waals surface area contributed by atoms with Gasteiger partial charge in [-0.25, -0.2) is 0 Å². The van der Waals surface area contributed by atoms with Crippen LogP contribution in [0.5, 0.6) is 0 Å². The molecule has 0 aliphatic carbocycles. The molecule has 0 aliphatic heterocycles. The number of carbonyl (C=O) groups excluding carboxylic acids is 2. The SMILES string of the molecule is CCCCC[C@H](O)[C@@H](/C=C/C=C/C=C\C/C=C\CCCC(=O)O)N(CC(=O)O)C(=O)C(CS)NC(=O)CCC(N)C(=O)O. The van der Waals surface area contributed by atoms with Crippen molar-refractivity contribution in [2.75, 3.05) is 12.3 Å². The monoisotopic (exact) mass is 625 g/mol. The Morgan fingerprint density at radius 1 is 0.884 bits per heavy atom. The van der Waals surface area contributed by atoms with Gasteiger partial charge in [0, 0.05) is 18.6 Å². The molecule has 2 amide bonds. The lowest BCUT2D eigenvalue weighted by Gasteiger charge is -2.34. The number of aliphatic hydroxyl groups is 1. The molecular weight excluding hydrogens is 578 g/mol. The number of hydrogen-bond donors (Lipinski definition) is 7. The standard InChI is InChI=1S/C30H47N3O9S/c1-2-3-12-16-25(34)24(15-13-10-8-6-4-5-7-9-11-14-17-27(36)37)33(20-28(38)39)29(40)23(21-43)32-26(35)19-18-22(31)30(41)42/h4,6-10,13,15,22-25,34,43H,2-3,5,11-12,14,16-21,31H2,1H3,(H,32,35)(H,36,37)(H,38,39)(H,41,42)/b6-4-,9-7-,10-8+,15-13+/t22?,23?,24-,25+/m1/s1. The third kappa shape index (κ3) is 19.4. The number of nitrogens with one attached hydrogen (secondary N) is 1. The molecule has 13 heteroatoms. The summed E-state index contributed by atoms with van der Waals surface area (Å²) in [4.78, 5) is 60.0. The first-order chi connectivity index (χ1) is 20.4. The van der Waals surface area contributed by atoms with Crippen LogP contribution in [-0.4, -0.2) is 91.6 Å². The minimum absolute atomic E-state index is 0.132. The highest BCUT2D eigenvalue weighted by molar-refractivity contribution is 7.80. The summed E-state index contributed by atoms with van der Waals surface area (Å²) in [5, 5.41) is 40.6. The minimum Gasteiger partial charge on any atom is -0.481 e. The number of aliphatic carboxylic acids is 3. The Kier molecular flexibility index (Phi) is 22.2. The van der Waals surface area contributed by atoms with Gasteiger partial charge in [-0.1, -0.05) is 74.8 Å². The second-order valence-electron chi connectivity index (χ2n) is 9.89. The maximum Gasteiger partial charge on any atom is 0.323 e. The van der Waals surface area contributed by atoms with Crippen LogP contribution in [0.2, 0.25) is 0 Å². The van der Waals surface area contributed by atoms with Crippen molar-refractivity contribution in [3.05, 3.63) is 48.6 Å². The second kappa shape index (κ2) is 24.1. The molecule has 43 heavy (non-hydrogen) atoms. The summed E-state index contributed by atoms with van der Waals surface area (Å²) in [5.74, 6) is -4.94. The van der Waals surface area contributed by atoms with Gasteiger partial charge in [0.05, 0.1) is 12.1 Å². The van der Waals surface area contributed by atoms with Gasteiger partial charge in [-0.3, -0.25) is 24.0 Å². The summed E-state index contributed by atoms with van der Waals surface area (Å²) < 4.78 is 0. The van der Waals surface area contributed by atoms with E-state index in [4.69, 9.17) is 15.9 Å². The van der Waals surface area contributed by atoms with Crippen molar-refractivity contribution in [2.24, 2.45) is 5.73 Å². The number of nitrogens with zero attached hydrogens (tertiary/aromatic N) is 1. The predicted octanol–water partition coefficient (Wildman–Crippen LogP) is 2.69. The van der Waals surface area contributed by atoms with E-state index in [9.17, 15) is 34.2 Å². The Balaban J connectivity index is 5.64. The first kappa shape index (κ1) is 39.6. The first-order valence-electron chi connectivity index (χ1n) is 14.4. The molecular formula is C30H47N3O9S. The Morgan fingerprint density at radius 3 is 2.19 bits per heavy atom. The lowest BCUT2D eigenvalue weighted by molar-refractivity contribution is -0.148. The summed E-state index contributed by atoms with van der Waals surface area (Å²) >= 11 is 4.15. The van der Waals surface area contributed by atoms with E-state index in [1.54, 1.807) is 24.3 Å². The van der Waals surface area contributed by atoms with E-state index in [0.29, 0.717) is 32.1 Å². The fourth-order valence-corrected chi connectivity index (χ4v) is 4.13. The zero-order valence-corrected chi connectivity index (χ0v) is 25.6. The van der Waals surface area contributed by atoms with Crippen LogP contribution in [0.3, 0.4) is 0 Å². The molecule has 7 N–H and O–H groups in total. The van der Waals surface area contributed by atoms with Crippen LogP contribution in [0.25, 0.3) is 0 Å². The van der Waals surface area contributed by atoms with Crippen molar-refractivity contribution in [2.45, 2.75) is 95.4 Å². The number of aliphatic hydroxyl groups excluding tert-OH is 1. The van der Waals surface area contributed by atoms with Gasteiger partial charge >= 0.3 is 17.9 Å². The highest BCUT2D eigenvalue weighted by Crippen LogP contribution is 2.16. The molecule has 0 saturated heterocycles. The van der Waals surface area contributed by atoms with E-state index < -0.39 is 60.5 Å². The number of carboxylic acid groups (broad SMARTS) is 3. The van der Waals surface area contributed by atoms with E-state index in [1.165, 1.54) is 6.08 Å². The number of carboxylic acids is 3. The van der Waals surface area contributed by atoms with Gasteiger partial charge in [-0.2, -0.15) is 12.6 Å². The molecule has 4 atom stereocenters. The van der Waals surface area contributed by atoms with Crippen molar-refractivity contribution < 1.29 is 44.4 Å². The quantitative estimate of drug-likeness (QED) is 0.0361. The number of thiol groups is 1. The van der Waals surface area contributed by atoms with E-state index in [-0.39, 0.29) is 25.0 Å². The highest BCUT2D eigenvalue weighted by Gasteiger charge is 2.34. The Labute approximate surface area is 258 Å². The predicted molar refractivity (Wildman–Crippen MR) is 167 cm³/mol. The van der Waals surface area contributed by atoms with Crippen molar-refractivity contribution in [3.8, 4) is 0 Å². The summed E-state index contributed by atoms with van der Waals surface area (Å²) in [5.41, 5.74) is 5.44. The molecule has 0 aromatic heterocycles. The molecule has 0 spiro atoms. The zero-order chi connectivity index (χ0) is 32.6. The summed E-state index contributed by atoms with van der Waals surface area (Å²) in [7, 11) is 0. The molecule has 0 aromatic carbocycles. The number of allylic oxidation sites excluding steroid dienone is 7. The van der Waals surface area contributed by atoms with Crippen LogP contribution in [0.1, 0.15) is 71.1 Å². The molecule has 0 aromatic rings. The Bertz CT molecular complexity index is 997. The van der Waals surface area contributed by atoms with Crippen LogP contribution in [0.15, 0.2) is 48.6 Å². The van der Waals surface area contributed by atoms with Gasteiger partial charge in [0.2, 0.25) is 11.8 Å². The normalized spacial score (nSPS) is 14.7. The molecule has 2 unspecified atom stereocenters. The molecule has 0 radical (unpaired) electrons. The summed E-state index contributed by atoms with van der Waals surface area (Å²) in [6.07, 6.45) is 17.3. The number of carbonyl (C=O) groups is 5. The van der Waals surface area contributed by atoms with Crippen LogP contribution in [-0.2, 0) is 24.0 Å². The van der Waals surface area contributed by atoms with Gasteiger partial charge in [0.15, 0.2) is 0 Å². The molecule has 0 aliphatic rings. The zero-order valence-electron chi connectivity index (χ0n) is 24.7. The number of hydrogen-bond acceptors (Lipinski definition) is 8. The summed E-state index contributed by atoms with van der Waals surface area (Å²) in [6.45, 7) is 1.27. The van der Waals surface area contributed by atoms with Crippen molar-refractivity contribution in [3.63, 3.8) is 0 Å². The topological polar surface area (TPSA) is 208 Å². The second-order valence-corrected chi connectivity index (χ2v) is 10.3. The molecule has 0 saturated carbocycles. The van der Waals surface area contributed by atoms with Gasteiger partial charge in [0.25, 0.3) is 0 Å². The maximum absolute atomic E-state index is 13.5. The fraction of sp³-hybridized carbons (Fsp3) is 0.567.